The van der Waals surface area contributed by atoms with Gasteiger partial charge in [0.1, 0.15) is 6.54 Å². The minimum atomic E-state index is -0.379. The van der Waals surface area contributed by atoms with Crippen LogP contribution in [0.25, 0.3) is 0 Å². The monoisotopic (exact) mass is 340 g/mol. The van der Waals surface area contributed by atoms with Crippen molar-refractivity contribution in [3.8, 4) is 0 Å². The van der Waals surface area contributed by atoms with Crippen LogP contribution in [0.5, 0.6) is 0 Å². The van der Waals surface area contributed by atoms with Gasteiger partial charge in [-0.05, 0) is 48.1 Å². The average Bonchev–Trinajstić information content (AvgIpc) is 3.02. The van der Waals surface area contributed by atoms with Crippen molar-refractivity contribution in [3.63, 3.8) is 0 Å². The summed E-state index contributed by atoms with van der Waals surface area (Å²) in [5, 5.41) is 3.12. The Hall–Kier alpha value is -2.17. The van der Waals surface area contributed by atoms with Crippen molar-refractivity contribution in [2.75, 3.05) is 6.54 Å². The van der Waals surface area contributed by atoms with Crippen molar-refractivity contribution < 1.29 is 14.4 Å². The molecule has 0 spiro atoms. The Kier molecular flexibility index (Phi) is 3.37. The highest BCUT2D eigenvalue weighted by molar-refractivity contribution is 6.22. The fraction of sp³-hybridized carbons (Fsp3) is 0.550. The number of benzene rings is 1. The largest absolute Gasteiger partial charge is 0.351 e. The molecular formula is C20H24N2O3. The second-order valence-electron chi connectivity index (χ2n) is 8.47. The maximum atomic E-state index is 12.6. The molecule has 3 atom stereocenters. The molecule has 5 nitrogen and oxygen atoms in total. The molecule has 1 heterocycles. The highest BCUT2D eigenvalue weighted by Gasteiger charge is 2.61. The minimum Gasteiger partial charge on any atom is -0.351 e. The van der Waals surface area contributed by atoms with Gasteiger partial charge in [0.05, 0.1) is 11.1 Å². The molecule has 2 fully saturated rings. The molecule has 0 radical (unpaired) electrons. The topological polar surface area (TPSA) is 66.5 Å². The van der Waals surface area contributed by atoms with Crippen molar-refractivity contribution >= 4 is 17.7 Å². The summed E-state index contributed by atoms with van der Waals surface area (Å²) in [5.41, 5.74) is 1.05. The van der Waals surface area contributed by atoms with Crippen molar-refractivity contribution in [1.29, 1.82) is 0 Å². The van der Waals surface area contributed by atoms with E-state index in [1.807, 2.05) is 0 Å². The van der Waals surface area contributed by atoms with Crippen LogP contribution in [0, 0.1) is 16.7 Å². The average molecular weight is 340 g/mol. The number of amides is 3. The van der Waals surface area contributed by atoms with E-state index >= 15 is 0 Å². The van der Waals surface area contributed by atoms with E-state index in [1.54, 1.807) is 24.3 Å². The summed E-state index contributed by atoms with van der Waals surface area (Å²) in [6.07, 6.45) is 3.31. The van der Waals surface area contributed by atoms with Crippen molar-refractivity contribution in [2.24, 2.45) is 16.7 Å². The molecule has 0 saturated heterocycles. The van der Waals surface area contributed by atoms with E-state index in [0.717, 1.165) is 17.7 Å². The predicted octanol–water partition coefficient (Wildman–Crippen LogP) is 2.61. The molecule has 3 aliphatic rings. The summed E-state index contributed by atoms with van der Waals surface area (Å²) < 4.78 is 0. The number of hydrogen-bond acceptors (Lipinski definition) is 3. The SMILES string of the molecule is CC1(C)C2CCC1(C)C(NC(=O)CN1C(=O)c3ccccc3C1=O)C2. The second kappa shape index (κ2) is 5.16. The van der Waals surface area contributed by atoms with Crippen LogP contribution in [0.2, 0.25) is 0 Å². The number of carbonyl (C=O) groups is 3. The van der Waals surface area contributed by atoms with Gasteiger partial charge in [-0.15, -0.1) is 0 Å². The first-order valence-electron chi connectivity index (χ1n) is 9.00. The van der Waals surface area contributed by atoms with E-state index in [2.05, 4.69) is 26.1 Å². The Morgan fingerprint density at radius 3 is 2.24 bits per heavy atom. The quantitative estimate of drug-likeness (QED) is 0.860. The maximum absolute atomic E-state index is 12.6. The zero-order valence-electron chi connectivity index (χ0n) is 15.0. The third kappa shape index (κ3) is 2.11. The molecule has 4 rings (SSSR count). The zero-order valence-corrected chi connectivity index (χ0v) is 15.0. The Morgan fingerprint density at radius 1 is 1.16 bits per heavy atom. The molecule has 1 aromatic carbocycles. The van der Waals surface area contributed by atoms with Crippen LogP contribution < -0.4 is 5.32 Å². The molecule has 5 heteroatoms. The first-order chi connectivity index (χ1) is 11.8. The highest BCUT2D eigenvalue weighted by atomic mass is 16.2. The number of nitrogens with zero attached hydrogens (tertiary/aromatic N) is 1. The smallest absolute Gasteiger partial charge is 0.262 e. The molecule has 25 heavy (non-hydrogen) atoms. The molecule has 1 aromatic rings. The maximum Gasteiger partial charge on any atom is 0.262 e. The van der Waals surface area contributed by atoms with Crippen LogP contribution in [-0.2, 0) is 4.79 Å². The number of rotatable bonds is 3. The van der Waals surface area contributed by atoms with Crippen molar-refractivity contribution in [3.05, 3.63) is 35.4 Å². The summed E-state index contributed by atoms with van der Waals surface area (Å²) in [6, 6.07) is 6.83. The first-order valence-corrected chi connectivity index (χ1v) is 9.00. The van der Waals surface area contributed by atoms with Gasteiger partial charge < -0.3 is 5.32 Å². The Labute approximate surface area is 147 Å². The number of nitrogens with one attached hydrogen (secondary N) is 1. The zero-order chi connectivity index (χ0) is 18.0. The van der Waals surface area contributed by atoms with Crippen LogP contribution in [0.1, 0.15) is 60.7 Å². The molecule has 1 aliphatic heterocycles. The molecule has 132 valence electrons. The van der Waals surface area contributed by atoms with Gasteiger partial charge in [0, 0.05) is 6.04 Å². The lowest BCUT2D eigenvalue weighted by Crippen LogP contribution is -2.50. The van der Waals surface area contributed by atoms with Crippen LogP contribution in [0.4, 0.5) is 0 Å². The van der Waals surface area contributed by atoms with E-state index < -0.39 is 0 Å². The van der Waals surface area contributed by atoms with Gasteiger partial charge in [0.2, 0.25) is 5.91 Å². The molecule has 1 N–H and O–H groups in total. The lowest BCUT2D eigenvalue weighted by atomic mass is 9.69. The van der Waals surface area contributed by atoms with E-state index in [4.69, 9.17) is 0 Å². The molecule has 0 aromatic heterocycles. The van der Waals surface area contributed by atoms with Crippen molar-refractivity contribution in [1.82, 2.24) is 10.2 Å². The standard InChI is InChI=1S/C20H24N2O3/c1-19(2)12-8-9-20(19,3)15(10-12)21-16(23)11-22-17(24)13-6-4-5-7-14(13)18(22)25/h4-7,12,15H,8-11H2,1-3H3,(H,21,23). The van der Waals surface area contributed by atoms with Crippen LogP contribution in [-0.4, -0.2) is 35.2 Å². The Balaban J connectivity index is 1.46. The summed E-state index contributed by atoms with van der Waals surface area (Å²) in [6.45, 7) is 6.64. The van der Waals surface area contributed by atoms with Gasteiger partial charge in [-0.25, -0.2) is 0 Å². The number of fused-ring (bicyclic) bond motifs is 3. The first kappa shape index (κ1) is 16.3. The minimum absolute atomic E-state index is 0.0787. The van der Waals surface area contributed by atoms with E-state index in [9.17, 15) is 14.4 Å². The molecular weight excluding hydrogens is 316 g/mol. The van der Waals surface area contributed by atoms with Crippen LogP contribution in [0.15, 0.2) is 24.3 Å². The third-order valence-corrected chi connectivity index (χ3v) is 7.31. The fourth-order valence-corrected chi connectivity index (χ4v) is 5.19. The summed E-state index contributed by atoms with van der Waals surface area (Å²) >= 11 is 0. The van der Waals surface area contributed by atoms with Gasteiger partial charge in [-0.2, -0.15) is 0 Å². The normalized spacial score (nSPS) is 32.2. The van der Waals surface area contributed by atoms with E-state index in [1.165, 1.54) is 6.42 Å². The molecule has 3 amide bonds. The fourth-order valence-electron chi connectivity index (χ4n) is 5.19. The van der Waals surface area contributed by atoms with E-state index in [0.29, 0.717) is 17.0 Å². The van der Waals surface area contributed by atoms with E-state index in [-0.39, 0.29) is 41.1 Å². The summed E-state index contributed by atoms with van der Waals surface area (Å²) in [5.74, 6) is -0.378. The van der Waals surface area contributed by atoms with Gasteiger partial charge >= 0.3 is 0 Å². The van der Waals surface area contributed by atoms with Crippen LogP contribution >= 0.6 is 0 Å². The lowest BCUT2D eigenvalue weighted by Gasteiger charge is -2.39. The Morgan fingerprint density at radius 2 is 1.76 bits per heavy atom. The van der Waals surface area contributed by atoms with Crippen LogP contribution in [0.3, 0.4) is 0 Å². The number of imide groups is 1. The summed E-state index contributed by atoms with van der Waals surface area (Å²) in [4.78, 5) is 38.4. The van der Waals surface area contributed by atoms with Gasteiger partial charge in [0.25, 0.3) is 11.8 Å². The second-order valence-corrected chi connectivity index (χ2v) is 8.47. The highest BCUT2D eigenvalue weighted by Crippen LogP contribution is 2.65. The molecule has 2 saturated carbocycles. The van der Waals surface area contributed by atoms with Gasteiger partial charge in [-0.3, -0.25) is 19.3 Å². The molecule has 2 aliphatic carbocycles. The number of carbonyl (C=O) groups excluding carboxylic acids is 3. The number of hydrogen-bond donors (Lipinski definition) is 1. The molecule has 2 bridgehead atoms. The lowest BCUT2D eigenvalue weighted by molar-refractivity contribution is -0.123. The molecule has 3 unspecified atom stereocenters. The van der Waals surface area contributed by atoms with Gasteiger partial charge in [0.15, 0.2) is 0 Å². The van der Waals surface area contributed by atoms with Crippen molar-refractivity contribution in [2.45, 2.75) is 46.1 Å². The predicted molar refractivity (Wildman–Crippen MR) is 93.0 cm³/mol. The Bertz CT molecular complexity index is 750. The third-order valence-electron chi connectivity index (χ3n) is 7.31. The van der Waals surface area contributed by atoms with Gasteiger partial charge in [-0.1, -0.05) is 32.9 Å². The summed E-state index contributed by atoms with van der Waals surface area (Å²) in [7, 11) is 0.